The summed E-state index contributed by atoms with van der Waals surface area (Å²) in [6.07, 6.45) is 3.86. The summed E-state index contributed by atoms with van der Waals surface area (Å²) in [5, 5.41) is 7.90. The topological polar surface area (TPSA) is 43.2 Å². The number of hydrogen-bond acceptors (Lipinski definition) is 5. The van der Waals surface area contributed by atoms with Crippen molar-refractivity contribution >= 4 is 11.3 Å². The van der Waals surface area contributed by atoms with E-state index in [-0.39, 0.29) is 11.8 Å². The maximum atomic E-state index is 14.5. The van der Waals surface area contributed by atoms with Crippen LogP contribution in [-0.2, 0) is 6.54 Å². The van der Waals surface area contributed by atoms with E-state index in [1.54, 1.807) is 17.4 Å². The van der Waals surface area contributed by atoms with Crippen molar-refractivity contribution in [3.63, 3.8) is 0 Å². The first kappa shape index (κ1) is 21.2. The molecule has 5 nitrogen and oxygen atoms in total. The van der Waals surface area contributed by atoms with Crippen LogP contribution < -0.4 is 4.74 Å². The normalized spacial score (nSPS) is 12.3. The van der Waals surface area contributed by atoms with Crippen molar-refractivity contribution in [1.82, 2.24) is 19.7 Å². The summed E-state index contributed by atoms with van der Waals surface area (Å²) in [5.74, 6) is -0.181. The number of methoxy groups -OCH3 is 1. The Bertz CT molecular complexity index is 1170. The summed E-state index contributed by atoms with van der Waals surface area (Å²) in [5.41, 5.74) is 4.60. The molecule has 0 amide bonds. The van der Waals surface area contributed by atoms with Crippen LogP contribution in [0.4, 0.5) is 4.39 Å². The van der Waals surface area contributed by atoms with Crippen molar-refractivity contribution in [1.29, 1.82) is 0 Å². The fraction of sp³-hybridized carbons (Fsp3) is 0.250. The molecule has 1 unspecified atom stereocenters. The number of para-hydroxylation sites is 1. The van der Waals surface area contributed by atoms with Crippen molar-refractivity contribution in [3.05, 3.63) is 82.2 Å². The van der Waals surface area contributed by atoms with E-state index < -0.39 is 5.82 Å². The molecule has 160 valence electrons. The minimum absolute atomic E-state index is 0.155. The summed E-state index contributed by atoms with van der Waals surface area (Å²) >= 11 is 1.64. The lowest BCUT2D eigenvalue weighted by Gasteiger charge is -2.22. The van der Waals surface area contributed by atoms with E-state index in [4.69, 9.17) is 9.84 Å². The molecule has 0 spiro atoms. The second kappa shape index (κ2) is 8.99. The number of aromatic nitrogens is 3. The van der Waals surface area contributed by atoms with Crippen LogP contribution in [0.15, 0.2) is 60.2 Å². The maximum absolute atomic E-state index is 14.5. The van der Waals surface area contributed by atoms with Gasteiger partial charge in [-0.25, -0.2) is 14.1 Å². The van der Waals surface area contributed by atoms with Crippen LogP contribution in [0.3, 0.4) is 0 Å². The van der Waals surface area contributed by atoms with Gasteiger partial charge in [-0.3, -0.25) is 4.90 Å². The van der Waals surface area contributed by atoms with Crippen LogP contribution in [0.1, 0.15) is 29.1 Å². The minimum atomic E-state index is -0.402. The Morgan fingerprint density at radius 1 is 1.23 bits per heavy atom. The third kappa shape index (κ3) is 4.38. The molecule has 7 heteroatoms. The smallest absolute Gasteiger partial charge is 0.165 e. The molecule has 2 aromatic carbocycles. The molecular formula is C24H25FN4OS. The lowest BCUT2D eigenvalue weighted by atomic mass is 10.1. The summed E-state index contributed by atoms with van der Waals surface area (Å²) in [6.45, 7) is 4.84. The second-order valence-corrected chi connectivity index (χ2v) is 8.47. The van der Waals surface area contributed by atoms with E-state index in [0.29, 0.717) is 6.54 Å². The monoisotopic (exact) mass is 436 g/mol. The summed E-state index contributed by atoms with van der Waals surface area (Å²) in [6, 6.07) is 13.2. The fourth-order valence-corrected chi connectivity index (χ4v) is 4.32. The Morgan fingerprint density at radius 2 is 2.03 bits per heavy atom. The number of nitrogens with zero attached hydrogens (tertiary/aromatic N) is 4. The van der Waals surface area contributed by atoms with E-state index in [1.807, 2.05) is 46.7 Å². The van der Waals surface area contributed by atoms with Crippen LogP contribution in [0.2, 0.25) is 0 Å². The Morgan fingerprint density at radius 3 is 2.71 bits per heavy atom. The van der Waals surface area contributed by atoms with Gasteiger partial charge in [0.25, 0.3) is 0 Å². The zero-order valence-electron chi connectivity index (χ0n) is 18.0. The molecule has 4 aromatic rings. The largest absolute Gasteiger partial charge is 0.494 e. The number of thiazole rings is 1. The fourth-order valence-electron chi connectivity index (χ4n) is 3.56. The van der Waals surface area contributed by atoms with Gasteiger partial charge in [-0.15, -0.1) is 11.3 Å². The van der Waals surface area contributed by atoms with Gasteiger partial charge in [-0.05, 0) is 50.7 Å². The molecule has 0 bridgehead atoms. The second-order valence-electron chi connectivity index (χ2n) is 7.54. The van der Waals surface area contributed by atoms with E-state index >= 15 is 0 Å². The SMILES string of the molecule is COc1ccc(-c2nn(-c3ccccc3C)cc2CN(C)C(C)c2nccs2)cc1F. The summed E-state index contributed by atoms with van der Waals surface area (Å²) in [4.78, 5) is 6.67. The number of benzene rings is 2. The Balaban J connectivity index is 1.75. The Labute approximate surface area is 185 Å². The third-order valence-electron chi connectivity index (χ3n) is 5.47. The molecule has 0 aliphatic rings. The van der Waals surface area contributed by atoms with Gasteiger partial charge in [-0.2, -0.15) is 5.10 Å². The predicted molar refractivity (Wildman–Crippen MR) is 122 cm³/mol. The maximum Gasteiger partial charge on any atom is 0.165 e. The minimum Gasteiger partial charge on any atom is -0.494 e. The molecule has 1 atom stereocenters. The molecule has 0 fully saturated rings. The average Bonchev–Trinajstić information content (AvgIpc) is 3.44. The van der Waals surface area contributed by atoms with E-state index in [1.165, 1.54) is 13.2 Å². The molecule has 0 N–H and O–H groups in total. The van der Waals surface area contributed by atoms with Crippen LogP contribution >= 0.6 is 11.3 Å². The predicted octanol–water partition coefficient (Wildman–Crippen LogP) is 5.64. The molecule has 4 rings (SSSR count). The van der Waals surface area contributed by atoms with Crippen LogP contribution in [0.5, 0.6) is 5.75 Å². The molecule has 0 saturated heterocycles. The Hall–Kier alpha value is -3.03. The molecule has 31 heavy (non-hydrogen) atoms. The van der Waals surface area contributed by atoms with Gasteiger partial charge in [0, 0.05) is 35.4 Å². The van der Waals surface area contributed by atoms with E-state index in [0.717, 1.165) is 33.1 Å². The van der Waals surface area contributed by atoms with Gasteiger partial charge < -0.3 is 4.74 Å². The highest BCUT2D eigenvalue weighted by Gasteiger charge is 2.20. The lowest BCUT2D eigenvalue weighted by molar-refractivity contribution is 0.253. The zero-order valence-corrected chi connectivity index (χ0v) is 18.9. The van der Waals surface area contributed by atoms with Gasteiger partial charge >= 0.3 is 0 Å². The van der Waals surface area contributed by atoms with Gasteiger partial charge in [0.05, 0.1) is 24.5 Å². The van der Waals surface area contributed by atoms with Gasteiger partial charge in [0.1, 0.15) is 5.01 Å². The van der Waals surface area contributed by atoms with Crippen LogP contribution in [0, 0.1) is 12.7 Å². The van der Waals surface area contributed by atoms with Gasteiger partial charge in [0.2, 0.25) is 0 Å². The highest BCUT2D eigenvalue weighted by atomic mass is 32.1. The molecule has 0 aliphatic carbocycles. The molecule has 0 radical (unpaired) electrons. The highest BCUT2D eigenvalue weighted by Crippen LogP contribution is 2.31. The van der Waals surface area contributed by atoms with Crippen LogP contribution in [0.25, 0.3) is 16.9 Å². The molecule has 0 saturated carbocycles. The number of ether oxygens (including phenoxy) is 1. The highest BCUT2D eigenvalue weighted by molar-refractivity contribution is 7.09. The molecular weight excluding hydrogens is 411 g/mol. The van der Waals surface area contributed by atoms with Crippen molar-refractivity contribution in [2.45, 2.75) is 26.4 Å². The van der Waals surface area contributed by atoms with E-state index in [2.05, 4.69) is 36.8 Å². The van der Waals surface area contributed by atoms with Crippen molar-refractivity contribution in [2.75, 3.05) is 14.2 Å². The van der Waals surface area contributed by atoms with Crippen LogP contribution in [-0.4, -0.2) is 33.8 Å². The average molecular weight is 437 g/mol. The summed E-state index contributed by atoms with van der Waals surface area (Å²) in [7, 11) is 3.53. The molecule has 0 aliphatic heterocycles. The van der Waals surface area contributed by atoms with Crippen molar-refractivity contribution in [2.24, 2.45) is 0 Å². The van der Waals surface area contributed by atoms with Gasteiger partial charge in [0.15, 0.2) is 11.6 Å². The number of rotatable bonds is 7. The summed E-state index contributed by atoms with van der Waals surface area (Å²) < 4.78 is 21.4. The first-order valence-corrected chi connectivity index (χ1v) is 10.9. The number of halogens is 1. The van der Waals surface area contributed by atoms with E-state index in [9.17, 15) is 4.39 Å². The van der Waals surface area contributed by atoms with Gasteiger partial charge in [-0.1, -0.05) is 18.2 Å². The zero-order chi connectivity index (χ0) is 22.0. The van der Waals surface area contributed by atoms with Crippen molar-refractivity contribution < 1.29 is 9.13 Å². The quantitative estimate of drug-likeness (QED) is 0.376. The standard InChI is InChI=1S/C24H25FN4OS/c1-16-7-5-6-8-21(16)29-15-19(14-28(3)17(2)24-26-11-12-31-24)23(27-29)18-9-10-22(30-4)20(25)13-18/h5-13,15,17H,14H2,1-4H3. The Kier molecular flexibility index (Phi) is 6.15. The first-order valence-electron chi connectivity index (χ1n) is 10.1. The molecule has 2 heterocycles. The number of hydrogen-bond donors (Lipinski definition) is 0. The van der Waals surface area contributed by atoms with Crippen molar-refractivity contribution in [3.8, 4) is 22.7 Å². The lowest BCUT2D eigenvalue weighted by Crippen LogP contribution is -2.21. The number of aryl methyl sites for hydroxylation is 1. The first-order chi connectivity index (χ1) is 15.0. The molecule has 2 aromatic heterocycles. The third-order valence-corrected chi connectivity index (χ3v) is 6.41.